The van der Waals surface area contributed by atoms with Crippen LogP contribution in [0.3, 0.4) is 0 Å². The van der Waals surface area contributed by atoms with Crippen LogP contribution in [0.5, 0.6) is 5.75 Å². The average molecular weight is 283 g/mol. The maximum atomic E-state index is 10.9. The second-order valence-electron chi connectivity index (χ2n) is 4.27. The van der Waals surface area contributed by atoms with Gasteiger partial charge >= 0.3 is 0 Å². The Morgan fingerprint density at radius 1 is 1.33 bits per heavy atom. The molecule has 0 saturated heterocycles. The van der Waals surface area contributed by atoms with Crippen molar-refractivity contribution in [2.75, 3.05) is 12.4 Å². The summed E-state index contributed by atoms with van der Waals surface area (Å²) in [6, 6.07) is 13.7. The van der Waals surface area contributed by atoms with Crippen molar-refractivity contribution >= 4 is 11.4 Å². The van der Waals surface area contributed by atoms with Gasteiger partial charge in [0.2, 0.25) is 0 Å². The molecule has 2 aromatic carbocycles. The van der Waals surface area contributed by atoms with Crippen molar-refractivity contribution in [2.24, 2.45) is 0 Å². The lowest BCUT2D eigenvalue weighted by atomic mass is 10.1. The van der Waals surface area contributed by atoms with E-state index in [4.69, 9.17) is 10.00 Å². The Hall–Kier alpha value is -3.07. The Morgan fingerprint density at radius 3 is 2.76 bits per heavy atom. The van der Waals surface area contributed by atoms with Crippen LogP contribution in [0.15, 0.2) is 42.5 Å². The number of nitrogens with one attached hydrogen (secondary N) is 1. The largest absolute Gasteiger partial charge is 0.496 e. The predicted octanol–water partition coefficient (Wildman–Crippen LogP) is 3.09. The van der Waals surface area contributed by atoms with E-state index < -0.39 is 4.92 Å². The van der Waals surface area contributed by atoms with Crippen LogP contribution >= 0.6 is 0 Å². The molecule has 6 heteroatoms. The number of methoxy groups -OCH3 is 1. The van der Waals surface area contributed by atoms with Gasteiger partial charge in [0.25, 0.3) is 5.69 Å². The monoisotopic (exact) mass is 283 g/mol. The summed E-state index contributed by atoms with van der Waals surface area (Å²) in [6.45, 7) is 0.465. The number of anilines is 1. The summed E-state index contributed by atoms with van der Waals surface area (Å²) < 4.78 is 5.24. The highest BCUT2D eigenvalue weighted by Crippen LogP contribution is 2.24. The van der Waals surface area contributed by atoms with Gasteiger partial charge in [-0.25, -0.2) is 0 Å². The fourth-order valence-electron chi connectivity index (χ4n) is 1.93. The second kappa shape index (κ2) is 6.39. The number of rotatable bonds is 5. The third kappa shape index (κ3) is 3.28. The Bertz CT molecular complexity index is 708. The zero-order valence-corrected chi connectivity index (χ0v) is 11.4. The minimum absolute atomic E-state index is 0.0443. The van der Waals surface area contributed by atoms with Gasteiger partial charge in [-0.3, -0.25) is 10.1 Å². The number of para-hydroxylation sites is 1. The molecule has 0 fully saturated rings. The van der Waals surface area contributed by atoms with Gasteiger partial charge in [-0.2, -0.15) is 5.26 Å². The summed E-state index contributed by atoms with van der Waals surface area (Å²) in [5.74, 6) is 0.744. The number of nitro groups is 1. The van der Waals surface area contributed by atoms with Crippen molar-refractivity contribution in [2.45, 2.75) is 6.54 Å². The first-order chi connectivity index (χ1) is 10.2. The van der Waals surface area contributed by atoms with Crippen LogP contribution < -0.4 is 10.1 Å². The fourth-order valence-corrected chi connectivity index (χ4v) is 1.93. The molecule has 0 aliphatic heterocycles. The predicted molar refractivity (Wildman–Crippen MR) is 78.1 cm³/mol. The maximum Gasteiger partial charge on any atom is 0.289 e. The summed E-state index contributed by atoms with van der Waals surface area (Å²) in [6.07, 6.45) is 0. The van der Waals surface area contributed by atoms with Crippen molar-refractivity contribution in [1.29, 1.82) is 5.26 Å². The van der Waals surface area contributed by atoms with E-state index in [1.165, 1.54) is 12.1 Å². The van der Waals surface area contributed by atoms with E-state index in [9.17, 15) is 10.1 Å². The molecule has 0 heterocycles. The highest BCUT2D eigenvalue weighted by Gasteiger charge is 2.14. The average Bonchev–Trinajstić information content (AvgIpc) is 2.52. The van der Waals surface area contributed by atoms with E-state index in [1.807, 2.05) is 24.3 Å². The minimum Gasteiger partial charge on any atom is -0.496 e. The van der Waals surface area contributed by atoms with E-state index >= 15 is 0 Å². The quantitative estimate of drug-likeness (QED) is 0.673. The number of benzene rings is 2. The number of nitriles is 1. The molecule has 2 rings (SSSR count). The molecular weight excluding hydrogens is 270 g/mol. The van der Waals surface area contributed by atoms with Crippen LogP contribution in [-0.4, -0.2) is 12.0 Å². The van der Waals surface area contributed by atoms with Gasteiger partial charge in [-0.1, -0.05) is 18.2 Å². The van der Waals surface area contributed by atoms with Crippen LogP contribution in [0.1, 0.15) is 11.1 Å². The van der Waals surface area contributed by atoms with E-state index in [2.05, 4.69) is 5.32 Å². The summed E-state index contributed by atoms with van der Waals surface area (Å²) in [4.78, 5) is 10.4. The molecule has 0 saturated carbocycles. The lowest BCUT2D eigenvalue weighted by Crippen LogP contribution is -2.02. The van der Waals surface area contributed by atoms with Crippen LogP contribution in [0.25, 0.3) is 0 Å². The van der Waals surface area contributed by atoms with E-state index in [0.29, 0.717) is 12.2 Å². The third-order valence-electron chi connectivity index (χ3n) is 2.99. The Kier molecular flexibility index (Phi) is 4.36. The van der Waals surface area contributed by atoms with Crippen LogP contribution in [0.2, 0.25) is 0 Å². The van der Waals surface area contributed by atoms with Crippen molar-refractivity contribution in [3.8, 4) is 11.8 Å². The number of nitro benzene ring substituents is 1. The number of hydrogen-bond donors (Lipinski definition) is 1. The van der Waals surface area contributed by atoms with Gasteiger partial charge in [-0.05, 0) is 18.2 Å². The lowest BCUT2D eigenvalue weighted by molar-refractivity contribution is -0.385. The molecule has 0 unspecified atom stereocenters. The Labute approximate surface area is 121 Å². The zero-order valence-electron chi connectivity index (χ0n) is 11.4. The molecule has 0 bridgehead atoms. The second-order valence-corrected chi connectivity index (χ2v) is 4.27. The SMILES string of the molecule is COc1ccccc1CNc1ccc(C#N)c([N+](=O)[O-])c1. The lowest BCUT2D eigenvalue weighted by Gasteiger charge is -2.10. The normalized spacial score (nSPS) is 9.71. The summed E-state index contributed by atoms with van der Waals surface area (Å²) in [5, 5.41) is 22.8. The molecule has 0 aromatic heterocycles. The standard InChI is InChI=1S/C15H13N3O3/c1-21-15-5-3-2-4-12(15)10-17-13-7-6-11(9-16)14(8-13)18(19)20/h2-8,17H,10H2,1H3. The summed E-state index contributed by atoms with van der Waals surface area (Å²) >= 11 is 0. The van der Waals surface area contributed by atoms with Crippen LogP contribution in [0, 0.1) is 21.4 Å². The first-order valence-electron chi connectivity index (χ1n) is 6.20. The third-order valence-corrected chi connectivity index (χ3v) is 2.99. The maximum absolute atomic E-state index is 10.9. The molecular formula is C15H13N3O3. The minimum atomic E-state index is -0.563. The molecule has 0 spiro atoms. The number of hydrogen-bond acceptors (Lipinski definition) is 5. The summed E-state index contributed by atoms with van der Waals surface area (Å²) in [5.41, 5.74) is 1.35. The van der Waals surface area contributed by atoms with E-state index in [0.717, 1.165) is 11.3 Å². The first kappa shape index (κ1) is 14.3. The first-order valence-corrected chi connectivity index (χ1v) is 6.20. The number of ether oxygens (including phenoxy) is 1. The van der Waals surface area contributed by atoms with E-state index in [-0.39, 0.29) is 11.3 Å². The fraction of sp³-hybridized carbons (Fsp3) is 0.133. The molecule has 0 amide bonds. The highest BCUT2D eigenvalue weighted by molar-refractivity contribution is 5.59. The van der Waals surface area contributed by atoms with Crippen molar-refractivity contribution < 1.29 is 9.66 Å². The van der Waals surface area contributed by atoms with Crippen molar-refractivity contribution in [1.82, 2.24) is 0 Å². The molecule has 21 heavy (non-hydrogen) atoms. The van der Waals surface area contributed by atoms with Crippen LogP contribution in [0.4, 0.5) is 11.4 Å². The molecule has 6 nitrogen and oxygen atoms in total. The molecule has 0 radical (unpaired) electrons. The molecule has 0 aliphatic carbocycles. The van der Waals surface area contributed by atoms with Crippen molar-refractivity contribution in [3.63, 3.8) is 0 Å². The topological polar surface area (TPSA) is 88.2 Å². The molecule has 0 aliphatic rings. The van der Waals surface area contributed by atoms with Gasteiger partial charge in [0.1, 0.15) is 17.4 Å². The van der Waals surface area contributed by atoms with Crippen LogP contribution in [-0.2, 0) is 6.54 Å². The van der Waals surface area contributed by atoms with Gasteiger partial charge in [0.15, 0.2) is 0 Å². The van der Waals surface area contributed by atoms with Gasteiger partial charge in [0, 0.05) is 23.9 Å². The van der Waals surface area contributed by atoms with Gasteiger partial charge < -0.3 is 10.1 Å². The van der Waals surface area contributed by atoms with Crippen molar-refractivity contribution in [3.05, 3.63) is 63.7 Å². The smallest absolute Gasteiger partial charge is 0.289 e. The molecule has 2 aromatic rings. The zero-order chi connectivity index (χ0) is 15.2. The highest BCUT2D eigenvalue weighted by atomic mass is 16.6. The Morgan fingerprint density at radius 2 is 2.10 bits per heavy atom. The van der Waals surface area contributed by atoms with Gasteiger partial charge in [-0.15, -0.1) is 0 Å². The summed E-state index contributed by atoms with van der Waals surface area (Å²) in [7, 11) is 1.59. The molecule has 106 valence electrons. The number of nitrogens with zero attached hydrogens (tertiary/aromatic N) is 2. The van der Waals surface area contributed by atoms with Gasteiger partial charge in [0.05, 0.1) is 12.0 Å². The van der Waals surface area contributed by atoms with E-state index in [1.54, 1.807) is 19.2 Å². The molecule has 1 N–H and O–H groups in total. The molecule has 0 atom stereocenters. The Balaban J connectivity index is 2.19.